The fourth-order valence-corrected chi connectivity index (χ4v) is 1.40. The van der Waals surface area contributed by atoms with E-state index in [4.69, 9.17) is 5.73 Å². The summed E-state index contributed by atoms with van der Waals surface area (Å²) in [6, 6.07) is 0.416. The summed E-state index contributed by atoms with van der Waals surface area (Å²) in [7, 11) is 0. The molecular formula is C8H18N2. The maximum absolute atomic E-state index is 5.78. The van der Waals surface area contributed by atoms with Crippen molar-refractivity contribution >= 4 is 0 Å². The fourth-order valence-electron chi connectivity index (χ4n) is 1.40. The molecule has 2 heteroatoms. The number of likely N-dealkylation sites (tertiary alicyclic amines) is 1. The van der Waals surface area contributed by atoms with Crippen molar-refractivity contribution in [1.29, 1.82) is 0 Å². The number of rotatable bonds is 0. The van der Waals surface area contributed by atoms with E-state index in [0.29, 0.717) is 11.6 Å². The van der Waals surface area contributed by atoms with Crippen molar-refractivity contribution in [2.45, 2.75) is 38.8 Å². The molecule has 0 amide bonds. The van der Waals surface area contributed by atoms with Gasteiger partial charge in [0.25, 0.3) is 0 Å². The van der Waals surface area contributed by atoms with Crippen LogP contribution in [-0.2, 0) is 0 Å². The van der Waals surface area contributed by atoms with Crippen molar-refractivity contribution < 1.29 is 0 Å². The second-order valence-corrected chi connectivity index (χ2v) is 4.17. The molecule has 0 aromatic heterocycles. The van der Waals surface area contributed by atoms with Crippen LogP contribution in [0, 0.1) is 0 Å². The highest BCUT2D eigenvalue weighted by Gasteiger charge is 2.27. The van der Waals surface area contributed by atoms with E-state index in [0.717, 1.165) is 13.0 Å². The van der Waals surface area contributed by atoms with E-state index in [1.807, 2.05) is 0 Å². The Labute approximate surface area is 63.4 Å². The third-order valence-corrected chi connectivity index (χ3v) is 2.17. The Hall–Kier alpha value is -0.0800. The summed E-state index contributed by atoms with van der Waals surface area (Å²) in [6.07, 6.45) is 1.16. The highest BCUT2D eigenvalue weighted by Crippen LogP contribution is 2.18. The Morgan fingerprint density at radius 3 is 2.20 bits per heavy atom. The summed E-state index contributed by atoms with van der Waals surface area (Å²) >= 11 is 0. The zero-order valence-corrected chi connectivity index (χ0v) is 7.22. The molecule has 2 N–H and O–H groups in total. The van der Waals surface area contributed by atoms with Gasteiger partial charge in [0.15, 0.2) is 0 Å². The lowest BCUT2D eigenvalue weighted by Crippen LogP contribution is -2.40. The van der Waals surface area contributed by atoms with E-state index in [2.05, 4.69) is 25.7 Å². The Balaban J connectivity index is 2.45. The average molecular weight is 142 g/mol. The highest BCUT2D eigenvalue weighted by molar-refractivity contribution is 4.86. The van der Waals surface area contributed by atoms with E-state index in [1.54, 1.807) is 0 Å². The molecule has 0 spiro atoms. The van der Waals surface area contributed by atoms with Gasteiger partial charge in [0.05, 0.1) is 0 Å². The maximum Gasteiger partial charge on any atom is 0.0180 e. The van der Waals surface area contributed by atoms with Crippen LogP contribution in [0.3, 0.4) is 0 Å². The van der Waals surface area contributed by atoms with Gasteiger partial charge in [-0.1, -0.05) is 0 Å². The Morgan fingerprint density at radius 2 is 2.00 bits per heavy atom. The molecule has 1 aliphatic heterocycles. The molecule has 1 unspecified atom stereocenters. The number of nitrogens with zero attached hydrogens (tertiary/aromatic N) is 1. The lowest BCUT2D eigenvalue weighted by molar-refractivity contribution is 0.173. The van der Waals surface area contributed by atoms with Crippen LogP contribution in [0.1, 0.15) is 27.2 Å². The van der Waals surface area contributed by atoms with Crippen LogP contribution in [0.15, 0.2) is 0 Å². The van der Waals surface area contributed by atoms with Gasteiger partial charge in [-0.25, -0.2) is 0 Å². The first-order valence-corrected chi connectivity index (χ1v) is 4.01. The number of hydrogen-bond acceptors (Lipinski definition) is 2. The van der Waals surface area contributed by atoms with Gasteiger partial charge in [0.1, 0.15) is 0 Å². The monoisotopic (exact) mass is 142 g/mol. The largest absolute Gasteiger partial charge is 0.326 e. The molecule has 0 aliphatic carbocycles. The normalized spacial score (nSPS) is 29.4. The summed E-state index contributed by atoms with van der Waals surface area (Å²) in [4.78, 5) is 2.44. The molecular weight excluding hydrogens is 124 g/mol. The standard InChI is InChI=1S/C8H18N2/c1-8(2,3)10-5-4-7(9)6-10/h7H,4-6,9H2,1-3H3. The molecule has 2 nitrogen and oxygen atoms in total. The smallest absolute Gasteiger partial charge is 0.0180 e. The van der Waals surface area contributed by atoms with Gasteiger partial charge in [-0.05, 0) is 27.2 Å². The van der Waals surface area contributed by atoms with E-state index in [9.17, 15) is 0 Å². The molecule has 1 aliphatic rings. The fraction of sp³-hybridized carbons (Fsp3) is 1.00. The van der Waals surface area contributed by atoms with Gasteiger partial charge in [-0.3, -0.25) is 4.90 Å². The molecule has 60 valence electrons. The molecule has 1 heterocycles. The predicted octanol–water partition coefficient (Wildman–Crippen LogP) is 0.818. The molecule has 1 rings (SSSR count). The molecule has 0 aromatic carbocycles. The van der Waals surface area contributed by atoms with Crippen LogP contribution in [-0.4, -0.2) is 29.6 Å². The van der Waals surface area contributed by atoms with E-state index in [1.165, 1.54) is 6.54 Å². The lowest BCUT2D eigenvalue weighted by Gasteiger charge is -2.31. The summed E-state index contributed by atoms with van der Waals surface area (Å²) in [5, 5.41) is 0. The zero-order chi connectivity index (χ0) is 7.78. The predicted molar refractivity (Wildman–Crippen MR) is 43.9 cm³/mol. The molecule has 0 saturated carbocycles. The van der Waals surface area contributed by atoms with E-state index in [-0.39, 0.29) is 0 Å². The third-order valence-electron chi connectivity index (χ3n) is 2.17. The van der Waals surface area contributed by atoms with Crippen LogP contribution in [0.5, 0.6) is 0 Å². The minimum Gasteiger partial charge on any atom is -0.326 e. The van der Waals surface area contributed by atoms with Crippen LogP contribution in [0.25, 0.3) is 0 Å². The van der Waals surface area contributed by atoms with E-state index >= 15 is 0 Å². The van der Waals surface area contributed by atoms with E-state index < -0.39 is 0 Å². The van der Waals surface area contributed by atoms with Gasteiger partial charge >= 0.3 is 0 Å². The zero-order valence-electron chi connectivity index (χ0n) is 7.22. The van der Waals surface area contributed by atoms with Gasteiger partial charge in [0.2, 0.25) is 0 Å². The topological polar surface area (TPSA) is 29.3 Å². The molecule has 0 aromatic rings. The second-order valence-electron chi connectivity index (χ2n) is 4.17. The van der Waals surface area contributed by atoms with Crippen molar-refractivity contribution in [2.24, 2.45) is 5.73 Å². The first kappa shape index (κ1) is 8.02. The van der Waals surface area contributed by atoms with Crippen molar-refractivity contribution in [1.82, 2.24) is 4.90 Å². The van der Waals surface area contributed by atoms with Crippen LogP contribution >= 0.6 is 0 Å². The minimum atomic E-state index is 0.314. The SMILES string of the molecule is CC(C)(C)N1CCC(N)C1. The quantitative estimate of drug-likeness (QED) is 0.542. The lowest BCUT2D eigenvalue weighted by atomic mass is 10.1. The average Bonchev–Trinajstić information content (AvgIpc) is 2.11. The van der Waals surface area contributed by atoms with Crippen LogP contribution in [0.4, 0.5) is 0 Å². The molecule has 0 radical (unpaired) electrons. The summed E-state index contributed by atoms with van der Waals surface area (Å²) in [6.45, 7) is 8.97. The van der Waals surface area contributed by atoms with Crippen LogP contribution in [0.2, 0.25) is 0 Å². The molecule has 1 saturated heterocycles. The summed E-state index contributed by atoms with van der Waals surface area (Å²) in [5.74, 6) is 0. The Bertz CT molecular complexity index is 115. The Morgan fingerprint density at radius 1 is 1.40 bits per heavy atom. The van der Waals surface area contributed by atoms with Gasteiger partial charge in [-0.15, -0.1) is 0 Å². The minimum absolute atomic E-state index is 0.314. The first-order chi connectivity index (χ1) is 4.50. The van der Waals surface area contributed by atoms with Gasteiger partial charge < -0.3 is 5.73 Å². The third kappa shape index (κ3) is 1.70. The van der Waals surface area contributed by atoms with Crippen LogP contribution < -0.4 is 5.73 Å². The van der Waals surface area contributed by atoms with Gasteiger partial charge in [-0.2, -0.15) is 0 Å². The van der Waals surface area contributed by atoms with Crippen molar-refractivity contribution in [3.05, 3.63) is 0 Å². The van der Waals surface area contributed by atoms with Crippen molar-refractivity contribution in [3.8, 4) is 0 Å². The number of nitrogens with two attached hydrogens (primary N) is 1. The number of hydrogen-bond donors (Lipinski definition) is 1. The Kier molecular flexibility index (Phi) is 2.02. The molecule has 0 bridgehead atoms. The second kappa shape index (κ2) is 2.51. The summed E-state index contributed by atoms with van der Waals surface area (Å²) in [5.41, 5.74) is 6.09. The van der Waals surface area contributed by atoms with Gasteiger partial charge in [0, 0.05) is 24.7 Å². The maximum atomic E-state index is 5.78. The van der Waals surface area contributed by atoms with Crippen molar-refractivity contribution in [2.75, 3.05) is 13.1 Å². The molecule has 1 fully saturated rings. The van der Waals surface area contributed by atoms with Crippen molar-refractivity contribution in [3.63, 3.8) is 0 Å². The highest BCUT2D eigenvalue weighted by atomic mass is 15.2. The molecule has 10 heavy (non-hydrogen) atoms. The first-order valence-electron chi connectivity index (χ1n) is 4.01. The summed E-state index contributed by atoms with van der Waals surface area (Å²) < 4.78 is 0. The molecule has 1 atom stereocenters.